The average Bonchev–Trinajstić information content (AvgIpc) is 2.40. The minimum absolute atomic E-state index is 0.137. The van der Waals surface area contributed by atoms with E-state index in [0.29, 0.717) is 18.8 Å². The Kier molecular flexibility index (Phi) is 3.07. The van der Waals surface area contributed by atoms with E-state index in [-0.39, 0.29) is 5.41 Å². The van der Waals surface area contributed by atoms with E-state index in [0.717, 1.165) is 5.56 Å². The van der Waals surface area contributed by atoms with Crippen LogP contribution in [0, 0.1) is 6.92 Å². The summed E-state index contributed by atoms with van der Waals surface area (Å²) in [5, 5.41) is 8.99. The molecule has 1 saturated heterocycles. The molecule has 3 heteroatoms. The molecule has 0 saturated carbocycles. The standard InChI is InChI=1S/C17H16O3/c1-12-4-2-3-5-15(12)17(10-20-11-17)14-8-6-13(7-9-14)16(18)19/h2-9H,10-11H2,1H3,(H,18,19). The first-order valence-electron chi connectivity index (χ1n) is 6.61. The Labute approximate surface area is 117 Å². The molecule has 3 rings (SSSR count). The highest BCUT2D eigenvalue weighted by atomic mass is 16.5. The second-order valence-electron chi connectivity index (χ2n) is 5.27. The van der Waals surface area contributed by atoms with Crippen molar-refractivity contribution >= 4 is 5.97 Å². The summed E-state index contributed by atoms with van der Waals surface area (Å²) in [6.07, 6.45) is 0. The Morgan fingerprint density at radius 1 is 1.10 bits per heavy atom. The number of benzene rings is 2. The first kappa shape index (κ1) is 12.9. The molecular formula is C17H16O3. The molecule has 2 aromatic rings. The van der Waals surface area contributed by atoms with Gasteiger partial charge in [-0.25, -0.2) is 4.79 Å². The summed E-state index contributed by atoms with van der Waals surface area (Å²) in [4.78, 5) is 10.9. The van der Waals surface area contributed by atoms with Gasteiger partial charge in [-0.3, -0.25) is 0 Å². The molecule has 2 aromatic carbocycles. The number of hydrogen-bond donors (Lipinski definition) is 1. The van der Waals surface area contributed by atoms with Crippen LogP contribution in [0.5, 0.6) is 0 Å². The first-order chi connectivity index (χ1) is 9.63. The maximum atomic E-state index is 10.9. The number of aryl methyl sites for hydroxylation is 1. The third-order valence-corrected chi connectivity index (χ3v) is 4.04. The normalized spacial score (nSPS) is 16.4. The van der Waals surface area contributed by atoms with Gasteiger partial charge in [0.15, 0.2) is 0 Å². The van der Waals surface area contributed by atoms with Crippen LogP contribution in [0.4, 0.5) is 0 Å². The van der Waals surface area contributed by atoms with Gasteiger partial charge in [0.2, 0.25) is 0 Å². The lowest BCUT2D eigenvalue weighted by Crippen LogP contribution is -2.48. The lowest BCUT2D eigenvalue weighted by atomic mass is 9.71. The summed E-state index contributed by atoms with van der Waals surface area (Å²) >= 11 is 0. The molecule has 0 spiro atoms. The molecule has 1 N–H and O–H groups in total. The van der Waals surface area contributed by atoms with Crippen LogP contribution in [0.15, 0.2) is 48.5 Å². The van der Waals surface area contributed by atoms with Crippen LogP contribution >= 0.6 is 0 Å². The van der Waals surface area contributed by atoms with E-state index in [1.54, 1.807) is 12.1 Å². The van der Waals surface area contributed by atoms with Gasteiger partial charge in [-0.2, -0.15) is 0 Å². The van der Waals surface area contributed by atoms with E-state index >= 15 is 0 Å². The largest absolute Gasteiger partial charge is 0.478 e. The SMILES string of the molecule is Cc1ccccc1C1(c2ccc(C(=O)O)cc2)COC1. The molecule has 0 bridgehead atoms. The van der Waals surface area contributed by atoms with Crippen molar-refractivity contribution < 1.29 is 14.6 Å². The van der Waals surface area contributed by atoms with E-state index in [4.69, 9.17) is 9.84 Å². The van der Waals surface area contributed by atoms with Crippen LogP contribution in [0.3, 0.4) is 0 Å². The first-order valence-corrected chi connectivity index (χ1v) is 6.61. The maximum Gasteiger partial charge on any atom is 0.335 e. The van der Waals surface area contributed by atoms with Crippen LogP contribution in [0.25, 0.3) is 0 Å². The van der Waals surface area contributed by atoms with Crippen molar-refractivity contribution in [1.82, 2.24) is 0 Å². The molecule has 0 aliphatic carbocycles. The number of ether oxygens (including phenoxy) is 1. The predicted octanol–water partition coefficient (Wildman–Crippen LogP) is 3.01. The maximum absolute atomic E-state index is 10.9. The second kappa shape index (κ2) is 4.76. The van der Waals surface area contributed by atoms with Crippen molar-refractivity contribution in [3.63, 3.8) is 0 Å². The summed E-state index contributed by atoms with van der Waals surface area (Å²) in [6, 6.07) is 15.4. The van der Waals surface area contributed by atoms with Gasteiger partial charge in [0.25, 0.3) is 0 Å². The van der Waals surface area contributed by atoms with Crippen molar-refractivity contribution in [2.75, 3.05) is 13.2 Å². The van der Waals surface area contributed by atoms with Gasteiger partial charge in [-0.15, -0.1) is 0 Å². The monoisotopic (exact) mass is 268 g/mol. The van der Waals surface area contributed by atoms with Crippen LogP contribution in [-0.2, 0) is 10.2 Å². The zero-order valence-electron chi connectivity index (χ0n) is 11.3. The van der Waals surface area contributed by atoms with Gasteiger partial charge in [0, 0.05) is 0 Å². The fraction of sp³-hybridized carbons (Fsp3) is 0.235. The quantitative estimate of drug-likeness (QED) is 0.930. The number of aromatic carboxylic acids is 1. The number of carboxylic acid groups (broad SMARTS) is 1. The van der Waals surface area contributed by atoms with E-state index in [9.17, 15) is 4.79 Å². The summed E-state index contributed by atoms with van der Waals surface area (Å²) in [5.41, 5.74) is 3.78. The molecule has 1 aliphatic heterocycles. The number of hydrogen-bond acceptors (Lipinski definition) is 2. The van der Waals surface area contributed by atoms with Gasteiger partial charge in [0.05, 0.1) is 24.2 Å². The molecule has 0 radical (unpaired) electrons. The second-order valence-corrected chi connectivity index (χ2v) is 5.27. The fourth-order valence-corrected chi connectivity index (χ4v) is 2.83. The smallest absolute Gasteiger partial charge is 0.335 e. The van der Waals surface area contributed by atoms with Gasteiger partial charge in [0.1, 0.15) is 0 Å². The zero-order valence-corrected chi connectivity index (χ0v) is 11.3. The summed E-state index contributed by atoms with van der Waals surface area (Å²) in [7, 11) is 0. The van der Waals surface area contributed by atoms with Crippen LogP contribution in [0.1, 0.15) is 27.0 Å². The van der Waals surface area contributed by atoms with E-state index < -0.39 is 5.97 Å². The number of carboxylic acids is 1. The summed E-state index contributed by atoms with van der Waals surface area (Å²) in [6.45, 7) is 3.38. The van der Waals surface area contributed by atoms with Gasteiger partial charge < -0.3 is 9.84 Å². The van der Waals surface area contributed by atoms with Crippen LogP contribution < -0.4 is 0 Å². The molecule has 0 atom stereocenters. The van der Waals surface area contributed by atoms with Crippen molar-refractivity contribution in [3.05, 3.63) is 70.8 Å². The van der Waals surface area contributed by atoms with E-state index in [1.165, 1.54) is 11.1 Å². The van der Waals surface area contributed by atoms with E-state index in [2.05, 4.69) is 19.1 Å². The Hall–Kier alpha value is -2.13. The van der Waals surface area contributed by atoms with Crippen LogP contribution in [0.2, 0.25) is 0 Å². The Morgan fingerprint density at radius 2 is 1.75 bits per heavy atom. The van der Waals surface area contributed by atoms with Gasteiger partial charge in [-0.1, -0.05) is 36.4 Å². The highest BCUT2D eigenvalue weighted by molar-refractivity contribution is 5.87. The molecule has 20 heavy (non-hydrogen) atoms. The highest BCUT2D eigenvalue weighted by Gasteiger charge is 2.42. The topological polar surface area (TPSA) is 46.5 Å². The van der Waals surface area contributed by atoms with Crippen molar-refractivity contribution in [1.29, 1.82) is 0 Å². The summed E-state index contributed by atoms with van der Waals surface area (Å²) in [5.74, 6) is -0.897. The molecule has 102 valence electrons. The van der Waals surface area contributed by atoms with Gasteiger partial charge in [-0.05, 0) is 35.7 Å². The predicted molar refractivity (Wildman–Crippen MR) is 76.2 cm³/mol. The fourth-order valence-electron chi connectivity index (χ4n) is 2.83. The van der Waals surface area contributed by atoms with Crippen molar-refractivity contribution in [3.8, 4) is 0 Å². The Morgan fingerprint density at radius 3 is 2.25 bits per heavy atom. The van der Waals surface area contributed by atoms with E-state index in [1.807, 2.05) is 24.3 Å². The third-order valence-electron chi connectivity index (χ3n) is 4.04. The summed E-state index contributed by atoms with van der Waals surface area (Å²) < 4.78 is 5.46. The molecule has 0 amide bonds. The average molecular weight is 268 g/mol. The number of carbonyl (C=O) groups is 1. The Bertz CT molecular complexity index is 640. The Balaban J connectivity index is 2.05. The molecule has 1 aliphatic rings. The minimum atomic E-state index is -0.897. The molecular weight excluding hydrogens is 252 g/mol. The molecule has 0 unspecified atom stereocenters. The number of rotatable bonds is 3. The lowest BCUT2D eigenvalue weighted by Gasteiger charge is -2.43. The van der Waals surface area contributed by atoms with Crippen LogP contribution in [-0.4, -0.2) is 24.3 Å². The molecule has 3 nitrogen and oxygen atoms in total. The van der Waals surface area contributed by atoms with Gasteiger partial charge >= 0.3 is 5.97 Å². The molecule has 0 aromatic heterocycles. The molecule has 1 heterocycles. The molecule has 1 fully saturated rings. The zero-order chi connectivity index (χ0) is 14.2. The van der Waals surface area contributed by atoms with Crippen molar-refractivity contribution in [2.24, 2.45) is 0 Å². The highest BCUT2D eigenvalue weighted by Crippen LogP contribution is 2.40. The minimum Gasteiger partial charge on any atom is -0.478 e. The van der Waals surface area contributed by atoms with Crippen molar-refractivity contribution in [2.45, 2.75) is 12.3 Å². The lowest BCUT2D eigenvalue weighted by molar-refractivity contribution is -0.0382. The third kappa shape index (κ3) is 1.91.